The fourth-order valence-electron chi connectivity index (χ4n) is 0.743. The van der Waals surface area contributed by atoms with Gasteiger partial charge in [-0.2, -0.15) is 8.78 Å². The summed E-state index contributed by atoms with van der Waals surface area (Å²) in [4.78, 5) is 20.5. The van der Waals surface area contributed by atoms with Crippen molar-refractivity contribution in [2.24, 2.45) is 0 Å². The average molecular weight is 211 g/mol. The molecule has 1 unspecified atom stereocenters. The van der Waals surface area contributed by atoms with Crippen LogP contribution in [0.5, 0.6) is 0 Å². The van der Waals surface area contributed by atoms with Gasteiger partial charge in [-0.05, 0) is 6.92 Å². The van der Waals surface area contributed by atoms with Gasteiger partial charge < -0.3 is 15.5 Å². The lowest BCUT2D eigenvalue weighted by Crippen LogP contribution is -2.43. The van der Waals surface area contributed by atoms with Gasteiger partial charge in [-0.25, -0.2) is 0 Å². The zero-order valence-corrected chi connectivity index (χ0v) is 7.46. The Labute approximate surface area is 78.7 Å². The molecule has 0 bridgehead atoms. The van der Waals surface area contributed by atoms with Crippen molar-refractivity contribution in [1.82, 2.24) is 5.32 Å². The van der Waals surface area contributed by atoms with Crippen LogP contribution in [0.3, 0.4) is 0 Å². The van der Waals surface area contributed by atoms with Crippen molar-refractivity contribution in [2.75, 3.05) is 6.54 Å². The number of carbonyl (C=O) groups excluding carboxylic acids is 1. The minimum Gasteiger partial charge on any atom is -0.481 e. The van der Waals surface area contributed by atoms with E-state index in [1.807, 2.05) is 0 Å². The maximum Gasteiger partial charge on any atom is 0.315 e. The van der Waals surface area contributed by atoms with Crippen molar-refractivity contribution in [3.63, 3.8) is 0 Å². The number of carboxylic acids is 1. The van der Waals surface area contributed by atoms with Crippen LogP contribution in [0.25, 0.3) is 0 Å². The van der Waals surface area contributed by atoms with Crippen LogP contribution in [0.2, 0.25) is 0 Å². The monoisotopic (exact) mass is 211 g/mol. The first-order valence-electron chi connectivity index (χ1n) is 3.74. The van der Waals surface area contributed by atoms with E-state index in [0.29, 0.717) is 0 Å². The highest BCUT2D eigenvalue weighted by molar-refractivity contribution is 5.79. The van der Waals surface area contributed by atoms with Gasteiger partial charge in [-0.3, -0.25) is 9.59 Å². The van der Waals surface area contributed by atoms with Crippen LogP contribution in [0.4, 0.5) is 8.78 Å². The topological polar surface area (TPSA) is 86.6 Å². The predicted molar refractivity (Wildman–Crippen MR) is 41.9 cm³/mol. The van der Waals surface area contributed by atoms with E-state index in [9.17, 15) is 23.5 Å². The first-order valence-corrected chi connectivity index (χ1v) is 3.74. The van der Waals surface area contributed by atoms with Gasteiger partial charge in [0.05, 0.1) is 12.0 Å². The molecule has 0 radical (unpaired) electrons. The number of alkyl halides is 2. The molecule has 0 aromatic rings. The Morgan fingerprint density at radius 3 is 2.36 bits per heavy atom. The van der Waals surface area contributed by atoms with Gasteiger partial charge >= 0.3 is 12.4 Å². The summed E-state index contributed by atoms with van der Waals surface area (Å²) >= 11 is 0. The molecule has 0 fully saturated rings. The molecule has 0 saturated carbocycles. The largest absolute Gasteiger partial charge is 0.481 e. The van der Waals surface area contributed by atoms with Gasteiger partial charge in [0.1, 0.15) is 0 Å². The first-order chi connectivity index (χ1) is 6.24. The fraction of sp³-hybridized carbons (Fsp3) is 0.714. The van der Waals surface area contributed by atoms with Gasteiger partial charge in [0, 0.05) is 6.54 Å². The summed E-state index contributed by atoms with van der Waals surface area (Å²) in [5.74, 6) is -2.81. The van der Waals surface area contributed by atoms with Crippen LogP contribution in [-0.2, 0) is 9.59 Å². The van der Waals surface area contributed by atoms with Gasteiger partial charge in [0.25, 0.3) is 5.91 Å². The molecule has 0 saturated heterocycles. The molecule has 0 aliphatic rings. The molecule has 0 aliphatic carbocycles. The summed E-state index contributed by atoms with van der Waals surface area (Å²) in [5, 5.41) is 19.3. The van der Waals surface area contributed by atoms with Crippen molar-refractivity contribution in [2.45, 2.75) is 25.4 Å². The molecule has 1 amide bonds. The van der Waals surface area contributed by atoms with Crippen LogP contribution in [0, 0.1) is 0 Å². The predicted octanol–water partition coefficient (Wildman–Crippen LogP) is -0.407. The summed E-state index contributed by atoms with van der Waals surface area (Å²) < 4.78 is 23.3. The molecule has 0 aromatic heterocycles. The lowest BCUT2D eigenvalue weighted by atomic mass is 10.0. The third-order valence-corrected chi connectivity index (χ3v) is 1.37. The molecule has 82 valence electrons. The minimum atomic E-state index is -3.17. The van der Waals surface area contributed by atoms with E-state index in [-0.39, 0.29) is 0 Å². The Morgan fingerprint density at radius 1 is 1.50 bits per heavy atom. The Bertz CT molecular complexity index is 230. The molecule has 0 heterocycles. The molecular weight excluding hydrogens is 200 g/mol. The van der Waals surface area contributed by atoms with Crippen molar-refractivity contribution in [3.05, 3.63) is 0 Å². The standard InChI is InChI=1S/C7H11F2NO4/c1-7(14,2-4(11)12)3-10-6(13)5(8)9/h5,14H,2-3H2,1H3,(H,10,13)(H,11,12). The number of carbonyl (C=O) groups is 2. The van der Waals surface area contributed by atoms with Crippen molar-refractivity contribution < 1.29 is 28.6 Å². The molecule has 0 spiro atoms. The van der Waals surface area contributed by atoms with Crippen molar-refractivity contribution in [1.29, 1.82) is 0 Å². The summed E-state index contributed by atoms with van der Waals surface area (Å²) in [6.07, 6.45) is -3.80. The maximum absolute atomic E-state index is 11.7. The highest BCUT2D eigenvalue weighted by Crippen LogP contribution is 2.07. The number of nitrogens with one attached hydrogen (secondary N) is 1. The number of aliphatic hydroxyl groups is 1. The summed E-state index contributed by atoms with van der Waals surface area (Å²) in [6.45, 7) is 0.606. The van der Waals surface area contributed by atoms with Crippen molar-refractivity contribution >= 4 is 11.9 Å². The Kier molecular flexibility index (Phi) is 4.42. The second-order valence-electron chi connectivity index (χ2n) is 3.09. The van der Waals surface area contributed by atoms with Crippen LogP contribution in [0.15, 0.2) is 0 Å². The summed E-state index contributed by atoms with van der Waals surface area (Å²) in [5.41, 5.74) is -1.73. The second-order valence-corrected chi connectivity index (χ2v) is 3.09. The average Bonchev–Trinajstić information content (AvgIpc) is 1.97. The summed E-state index contributed by atoms with van der Waals surface area (Å²) in [7, 11) is 0. The van der Waals surface area contributed by atoms with E-state index < -0.39 is 36.9 Å². The van der Waals surface area contributed by atoms with Crippen LogP contribution in [-0.4, -0.2) is 40.7 Å². The van der Waals surface area contributed by atoms with E-state index in [1.165, 1.54) is 0 Å². The number of rotatable bonds is 5. The number of hydrogen-bond donors (Lipinski definition) is 3. The zero-order chi connectivity index (χ0) is 11.4. The van der Waals surface area contributed by atoms with Gasteiger partial charge in [0.15, 0.2) is 0 Å². The third kappa shape index (κ3) is 5.41. The first kappa shape index (κ1) is 12.8. The molecular formula is C7H11F2NO4. The molecule has 7 heteroatoms. The van der Waals surface area contributed by atoms with E-state index >= 15 is 0 Å². The number of amides is 1. The van der Waals surface area contributed by atoms with E-state index in [4.69, 9.17) is 5.11 Å². The molecule has 14 heavy (non-hydrogen) atoms. The number of carboxylic acid groups (broad SMARTS) is 1. The third-order valence-electron chi connectivity index (χ3n) is 1.37. The van der Waals surface area contributed by atoms with Gasteiger partial charge in [0.2, 0.25) is 0 Å². The lowest BCUT2D eigenvalue weighted by Gasteiger charge is -2.21. The number of halogens is 2. The van der Waals surface area contributed by atoms with E-state index in [1.54, 1.807) is 5.32 Å². The van der Waals surface area contributed by atoms with Crippen LogP contribution < -0.4 is 5.32 Å². The van der Waals surface area contributed by atoms with Crippen molar-refractivity contribution in [3.8, 4) is 0 Å². The fourth-order valence-corrected chi connectivity index (χ4v) is 0.743. The smallest absolute Gasteiger partial charge is 0.315 e. The second kappa shape index (κ2) is 4.85. The van der Waals surface area contributed by atoms with Gasteiger partial charge in [-0.15, -0.1) is 0 Å². The maximum atomic E-state index is 11.7. The summed E-state index contributed by atoms with van der Waals surface area (Å²) in [6, 6.07) is 0. The highest BCUT2D eigenvalue weighted by Gasteiger charge is 2.26. The zero-order valence-electron chi connectivity index (χ0n) is 7.46. The van der Waals surface area contributed by atoms with Crippen LogP contribution in [0.1, 0.15) is 13.3 Å². The molecule has 1 atom stereocenters. The number of hydrogen-bond acceptors (Lipinski definition) is 3. The number of aliphatic carboxylic acids is 1. The van der Waals surface area contributed by atoms with E-state index in [0.717, 1.165) is 6.92 Å². The minimum absolute atomic E-state index is 0.525. The lowest BCUT2D eigenvalue weighted by molar-refractivity contribution is -0.143. The molecule has 3 N–H and O–H groups in total. The van der Waals surface area contributed by atoms with Gasteiger partial charge in [-0.1, -0.05) is 0 Å². The molecule has 0 rings (SSSR count). The Balaban J connectivity index is 3.98. The molecule has 0 aromatic carbocycles. The quantitative estimate of drug-likeness (QED) is 0.577. The molecule has 0 aliphatic heterocycles. The highest BCUT2D eigenvalue weighted by atomic mass is 19.3. The van der Waals surface area contributed by atoms with Crippen LogP contribution >= 0.6 is 0 Å². The molecule has 5 nitrogen and oxygen atoms in total. The Hall–Kier alpha value is -1.24. The normalized spacial score (nSPS) is 14.9. The van der Waals surface area contributed by atoms with E-state index in [2.05, 4.69) is 0 Å². The SMILES string of the molecule is CC(O)(CNC(=O)C(F)F)CC(=O)O. The Morgan fingerprint density at radius 2 is 2.00 bits per heavy atom.